The zero-order valence-electron chi connectivity index (χ0n) is 5.52. The second-order valence-electron chi connectivity index (χ2n) is 1.34. The molecule has 0 aromatic carbocycles. The van der Waals surface area contributed by atoms with E-state index in [0.29, 0.717) is 13.2 Å². The van der Waals surface area contributed by atoms with Crippen molar-refractivity contribution < 1.29 is 9.47 Å². The van der Waals surface area contributed by atoms with Crippen molar-refractivity contribution in [1.29, 1.82) is 0 Å². The maximum atomic E-state index is 4.95. The average Bonchev–Trinajstić information content (AvgIpc) is 1.68. The number of ether oxygens (including phenoxy) is 2. The van der Waals surface area contributed by atoms with Crippen molar-refractivity contribution in [3.63, 3.8) is 0 Å². The zero-order valence-corrected chi connectivity index (χ0v) is 5.52. The molecule has 0 saturated carbocycles. The lowest BCUT2D eigenvalue weighted by Gasteiger charge is -2.09. The molecule has 0 aromatic rings. The van der Waals surface area contributed by atoms with E-state index in [9.17, 15) is 0 Å². The van der Waals surface area contributed by atoms with Crippen LogP contribution < -0.4 is 0 Å². The molecular formula is C6H13O2. The van der Waals surface area contributed by atoms with Crippen molar-refractivity contribution in [3.05, 3.63) is 6.92 Å². The second kappa shape index (κ2) is 5.06. The number of rotatable bonds is 4. The van der Waals surface area contributed by atoms with Crippen LogP contribution in [0.1, 0.15) is 13.8 Å². The zero-order chi connectivity index (χ0) is 6.41. The van der Waals surface area contributed by atoms with Gasteiger partial charge >= 0.3 is 0 Å². The highest BCUT2D eigenvalue weighted by Crippen LogP contribution is 1.89. The molecule has 0 saturated heterocycles. The van der Waals surface area contributed by atoms with Crippen LogP contribution in [0.15, 0.2) is 0 Å². The van der Waals surface area contributed by atoms with E-state index >= 15 is 0 Å². The van der Waals surface area contributed by atoms with Gasteiger partial charge in [-0.05, 0) is 13.8 Å². The van der Waals surface area contributed by atoms with Gasteiger partial charge in [0.05, 0.1) is 0 Å². The van der Waals surface area contributed by atoms with Gasteiger partial charge in [0.15, 0.2) is 6.29 Å². The minimum Gasteiger partial charge on any atom is -0.353 e. The van der Waals surface area contributed by atoms with Crippen molar-refractivity contribution in [3.8, 4) is 0 Å². The first-order valence-corrected chi connectivity index (χ1v) is 2.87. The topological polar surface area (TPSA) is 18.5 Å². The van der Waals surface area contributed by atoms with Crippen LogP contribution in [0.4, 0.5) is 0 Å². The molecule has 0 bridgehead atoms. The number of hydrogen-bond acceptors (Lipinski definition) is 2. The van der Waals surface area contributed by atoms with Crippen LogP contribution in [0.25, 0.3) is 0 Å². The summed E-state index contributed by atoms with van der Waals surface area (Å²) in [6.07, 6.45) is -0.287. The lowest BCUT2D eigenvalue weighted by atomic mass is 10.7. The Hall–Kier alpha value is -0.0800. The van der Waals surface area contributed by atoms with E-state index in [1.165, 1.54) is 0 Å². The van der Waals surface area contributed by atoms with Crippen LogP contribution in [0, 0.1) is 6.92 Å². The molecule has 0 aliphatic rings. The summed E-state index contributed by atoms with van der Waals surface area (Å²) >= 11 is 0. The Morgan fingerprint density at radius 1 is 1.25 bits per heavy atom. The highest BCUT2D eigenvalue weighted by atomic mass is 16.7. The second-order valence-corrected chi connectivity index (χ2v) is 1.34. The number of hydrogen-bond donors (Lipinski definition) is 0. The Labute approximate surface area is 50.8 Å². The molecule has 0 rings (SSSR count). The molecule has 0 spiro atoms. The van der Waals surface area contributed by atoms with Crippen LogP contribution in [0.3, 0.4) is 0 Å². The minimum atomic E-state index is -0.287. The Kier molecular flexibility index (Phi) is 5.01. The summed E-state index contributed by atoms with van der Waals surface area (Å²) < 4.78 is 9.90. The lowest BCUT2D eigenvalue weighted by Crippen LogP contribution is -2.12. The fourth-order valence-corrected chi connectivity index (χ4v) is 0.420. The van der Waals surface area contributed by atoms with E-state index in [1.54, 1.807) is 0 Å². The molecule has 2 heteroatoms. The van der Waals surface area contributed by atoms with Gasteiger partial charge in [-0.2, -0.15) is 0 Å². The SMILES string of the molecule is [CH2]C(OCC)OCC. The quantitative estimate of drug-likeness (QED) is 0.515. The molecule has 1 radical (unpaired) electrons. The summed E-state index contributed by atoms with van der Waals surface area (Å²) in [5.41, 5.74) is 0. The fourth-order valence-electron chi connectivity index (χ4n) is 0.420. The van der Waals surface area contributed by atoms with Crippen molar-refractivity contribution in [2.75, 3.05) is 13.2 Å². The third-order valence-corrected chi connectivity index (χ3v) is 0.705. The maximum Gasteiger partial charge on any atom is 0.157 e. The first-order valence-electron chi connectivity index (χ1n) is 2.87. The average molecular weight is 117 g/mol. The molecule has 0 atom stereocenters. The van der Waals surface area contributed by atoms with Crippen LogP contribution in [-0.2, 0) is 9.47 Å². The van der Waals surface area contributed by atoms with Gasteiger partial charge < -0.3 is 9.47 Å². The summed E-state index contributed by atoms with van der Waals surface area (Å²) in [4.78, 5) is 0. The molecule has 0 heterocycles. The van der Waals surface area contributed by atoms with Gasteiger partial charge in [0.25, 0.3) is 0 Å². The molecule has 0 aromatic heterocycles. The van der Waals surface area contributed by atoms with Gasteiger partial charge in [-0.25, -0.2) is 0 Å². The van der Waals surface area contributed by atoms with Crippen LogP contribution in [0.5, 0.6) is 0 Å². The maximum absolute atomic E-state index is 4.95. The summed E-state index contributed by atoms with van der Waals surface area (Å²) in [6.45, 7) is 8.72. The van der Waals surface area contributed by atoms with E-state index in [1.807, 2.05) is 13.8 Å². The van der Waals surface area contributed by atoms with Crippen molar-refractivity contribution in [2.24, 2.45) is 0 Å². The van der Waals surface area contributed by atoms with Crippen LogP contribution >= 0.6 is 0 Å². The molecule has 0 aliphatic carbocycles. The van der Waals surface area contributed by atoms with Crippen molar-refractivity contribution >= 4 is 0 Å². The van der Waals surface area contributed by atoms with Gasteiger partial charge in [-0.3, -0.25) is 0 Å². The molecule has 2 nitrogen and oxygen atoms in total. The Morgan fingerprint density at radius 3 is 1.88 bits per heavy atom. The highest BCUT2D eigenvalue weighted by molar-refractivity contribution is 4.41. The van der Waals surface area contributed by atoms with Gasteiger partial charge in [0.1, 0.15) is 0 Å². The van der Waals surface area contributed by atoms with E-state index in [-0.39, 0.29) is 6.29 Å². The molecule has 0 unspecified atom stereocenters. The molecular weight excluding hydrogens is 104 g/mol. The largest absolute Gasteiger partial charge is 0.353 e. The predicted octanol–water partition coefficient (Wildman–Crippen LogP) is 1.22. The molecule has 49 valence electrons. The molecule has 0 aliphatic heterocycles. The predicted molar refractivity (Wildman–Crippen MR) is 32.4 cm³/mol. The van der Waals surface area contributed by atoms with Crippen LogP contribution in [-0.4, -0.2) is 19.5 Å². The van der Waals surface area contributed by atoms with E-state index in [0.717, 1.165) is 0 Å². The van der Waals surface area contributed by atoms with E-state index in [2.05, 4.69) is 6.92 Å². The van der Waals surface area contributed by atoms with Gasteiger partial charge in [0, 0.05) is 20.1 Å². The monoisotopic (exact) mass is 117 g/mol. The highest BCUT2D eigenvalue weighted by Gasteiger charge is 1.95. The first-order chi connectivity index (χ1) is 3.81. The van der Waals surface area contributed by atoms with Gasteiger partial charge in [-0.15, -0.1) is 0 Å². The van der Waals surface area contributed by atoms with Gasteiger partial charge in [0.2, 0.25) is 0 Å². The Bertz CT molecular complexity index is 39.8. The normalized spacial score (nSPS) is 10.5. The minimum absolute atomic E-state index is 0.287. The molecule has 8 heavy (non-hydrogen) atoms. The Balaban J connectivity index is 2.92. The molecule has 0 N–H and O–H groups in total. The van der Waals surface area contributed by atoms with E-state index in [4.69, 9.17) is 9.47 Å². The molecule has 0 fully saturated rings. The standard InChI is InChI=1S/C6H13O2/c1-4-7-6(3)8-5-2/h6H,3-5H2,1-2H3. The smallest absolute Gasteiger partial charge is 0.157 e. The first kappa shape index (κ1) is 7.92. The summed E-state index contributed by atoms with van der Waals surface area (Å²) in [5, 5.41) is 0. The van der Waals surface area contributed by atoms with Gasteiger partial charge in [-0.1, -0.05) is 0 Å². The summed E-state index contributed by atoms with van der Waals surface area (Å²) in [7, 11) is 0. The molecule has 0 amide bonds. The van der Waals surface area contributed by atoms with Crippen molar-refractivity contribution in [2.45, 2.75) is 20.1 Å². The van der Waals surface area contributed by atoms with Crippen LogP contribution in [0.2, 0.25) is 0 Å². The van der Waals surface area contributed by atoms with Crippen molar-refractivity contribution in [1.82, 2.24) is 0 Å². The fraction of sp³-hybridized carbons (Fsp3) is 0.833. The summed E-state index contributed by atoms with van der Waals surface area (Å²) in [5.74, 6) is 0. The van der Waals surface area contributed by atoms with E-state index < -0.39 is 0 Å². The lowest BCUT2D eigenvalue weighted by molar-refractivity contribution is -0.105. The third kappa shape index (κ3) is 4.09. The third-order valence-electron chi connectivity index (χ3n) is 0.705. The summed E-state index contributed by atoms with van der Waals surface area (Å²) in [6, 6.07) is 0. The Morgan fingerprint density at radius 2 is 1.62 bits per heavy atom.